The molecule has 0 fully saturated rings. The predicted molar refractivity (Wildman–Crippen MR) is 155 cm³/mol. The van der Waals surface area contributed by atoms with Crippen molar-refractivity contribution in [2.45, 2.75) is 27.3 Å². The number of hydrogen-bond acceptors (Lipinski definition) is 7. The van der Waals surface area contributed by atoms with Gasteiger partial charge >= 0.3 is 5.97 Å². The summed E-state index contributed by atoms with van der Waals surface area (Å²) in [5.41, 5.74) is 5.64. The molecular weight excluding hydrogens is 522 g/mol. The van der Waals surface area contributed by atoms with Crippen LogP contribution in [0.1, 0.15) is 44.7 Å². The summed E-state index contributed by atoms with van der Waals surface area (Å²) in [6.07, 6.45) is 1.47. The van der Waals surface area contributed by atoms with Gasteiger partial charge in [0.05, 0.1) is 33.7 Å². The summed E-state index contributed by atoms with van der Waals surface area (Å²) < 4.78 is 5.33. The molecule has 2 heterocycles. The van der Waals surface area contributed by atoms with Crippen LogP contribution in [-0.4, -0.2) is 33.0 Å². The largest absolute Gasteiger partial charge is 0.478 e. The second-order valence-electron chi connectivity index (χ2n) is 9.51. The van der Waals surface area contributed by atoms with Crippen molar-refractivity contribution in [3.8, 4) is 11.1 Å². The molecule has 41 heavy (non-hydrogen) atoms. The number of fused-ring (bicyclic) bond motifs is 1. The third-order valence-electron chi connectivity index (χ3n) is 6.58. The number of benzene rings is 3. The maximum Gasteiger partial charge on any atom is 0.337 e. The minimum absolute atomic E-state index is 0.0652. The molecule has 0 saturated carbocycles. The van der Waals surface area contributed by atoms with Crippen molar-refractivity contribution in [3.63, 3.8) is 0 Å². The zero-order chi connectivity index (χ0) is 29.1. The van der Waals surface area contributed by atoms with E-state index in [-0.39, 0.29) is 23.6 Å². The molecular formula is C31H27N5O5. The number of pyridine rings is 1. The SMILES string of the molecule is CC(=O)Nc1ccc(CNC(=O)c2cnc3cc(-c4c(C)noc4C)ccc3c2Nc2ccccc2C(=O)O)cc1. The van der Waals surface area contributed by atoms with Crippen LogP contribution >= 0.6 is 0 Å². The topological polar surface area (TPSA) is 146 Å². The van der Waals surface area contributed by atoms with Crippen molar-refractivity contribution in [2.75, 3.05) is 10.6 Å². The fraction of sp³-hybridized carbons (Fsp3) is 0.129. The normalized spacial score (nSPS) is 10.8. The summed E-state index contributed by atoms with van der Waals surface area (Å²) in [5, 5.41) is 23.2. The third-order valence-corrected chi connectivity index (χ3v) is 6.58. The van der Waals surface area contributed by atoms with Crippen molar-refractivity contribution in [2.24, 2.45) is 0 Å². The average Bonchev–Trinajstić information content (AvgIpc) is 3.29. The number of carboxylic acids is 1. The summed E-state index contributed by atoms with van der Waals surface area (Å²) in [6.45, 7) is 5.36. The Morgan fingerprint density at radius 1 is 0.951 bits per heavy atom. The molecule has 10 nitrogen and oxygen atoms in total. The highest BCUT2D eigenvalue weighted by molar-refractivity contribution is 6.09. The standard InChI is InChI=1S/C31H27N5O5/c1-17-28(18(2)41-36-17)21-10-13-23-27(14-21)32-16-25(29(23)35-26-7-5-4-6-24(26)31(39)40)30(38)33-15-20-8-11-22(12-9-20)34-19(3)37/h4-14,16H,15H2,1-3H3,(H,32,35)(H,33,38)(H,34,37)(H,39,40). The molecule has 2 amide bonds. The lowest BCUT2D eigenvalue weighted by Crippen LogP contribution is -2.24. The second-order valence-corrected chi connectivity index (χ2v) is 9.51. The molecule has 3 aromatic carbocycles. The van der Waals surface area contributed by atoms with E-state index in [0.29, 0.717) is 33.7 Å². The number of aromatic carboxylic acids is 1. The minimum Gasteiger partial charge on any atom is -0.478 e. The average molecular weight is 550 g/mol. The van der Waals surface area contributed by atoms with Crippen molar-refractivity contribution >= 4 is 45.7 Å². The number of carbonyl (C=O) groups excluding carboxylic acids is 2. The molecule has 5 rings (SSSR count). The third kappa shape index (κ3) is 5.76. The molecule has 4 N–H and O–H groups in total. The highest BCUT2D eigenvalue weighted by Crippen LogP contribution is 2.35. The molecule has 0 bridgehead atoms. The van der Waals surface area contributed by atoms with Gasteiger partial charge in [-0.3, -0.25) is 14.6 Å². The van der Waals surface area contributed by atoms with Crippen molar-refractivity contribution in [1.29, 1.82) is 0 Å². The van der Waals surface area contributed by atoms with Gasteiger partial charge in [0, 0.05) is 36.3 Å². The molecule has 10 heteroatoms. The van der Waals surface area contributed by atoms with Gasteiger partial charge in [0.15, 0.2) is 0 Å². The van der Waals surface area contributed by atoms with Crippen molar-refractivity contribution in [3.05, 3.63) is 101 Å². The number of hydrogen-bond donors (Lipinski definition) is 4. The number of carboxylic acid groups (broad SMARTS) is 1. The Morgan fingerprint density at radius 3 is 2.39 bits per heavy atom. The van der Waals surface area contributed by atoms with Crippen LogP contribution in [0.4, 0.5) is 17.1 Å². The lowest BCUT2D eigenvalue weighted by molar-refractivity contribution is -0.114. The van der Waals surface area contributed by atoms with E-state index in [2.05, 4.69) is 26.1 Å². The molecule has 5 aromatic rings. The van der Waals surface area contributed by atoms with Crippen LogP contribution in [0, 0.1) is 13.8 Å². The molecule has 0 aliphatic heterocycles. The summed E-state index contributed by atoms with van der Waals surface area (Å²) in [5.74, 6) is -0.980. The van der Waals surface area contributed by atoms with Gasteiger partial charge in [-0.1, -0.05) is 41.6 Å². The van der Waals surface area contributed by atoms with Crippen molar-refractivity contribution in [1.82, 2.24) is 15.5 Å². The molecule has 0 atom stereocenters. The Morgan fingerprint density at radius 2 is 1.71 bits per heavy atom. The summed E-state index contributed by atoms with van der Waals surface area (Å²) in [7, 11) is 0. The molecule has 0 radical (unpaired) electrons. The zero-order valence-electron chi connectivity index (χ0n) is 22.6. The van der Waals surface area contributed by atoms with Gasteiger partial charge in [0.2, 0.25) is 5.91 Å². The summed E-state index contributed by atoms with van der Waals surface area (Å²) >= 11 is 0. The van der Waals surface area contributed by atoms with Gasteiger partial charge in [0.1, 0.15) is 5.76 Å². The molecule has 0 unspecified atom stereocenters. The number of anilines is 3. The van der Waals surface area contributed by atoms with E-state index in [1.54, 1.807) is 30.3 Å². The molecule has 0 aliphatic rings. The number of rotatable bonds is 8. The highest BCUT2D eigenvalue weighted by atomic mass is 16.5. The van der Waals surface area contributed by atoms with Gasteiger partial charge in [-0.05, 0) is 55.3 Å². The smallest absolute Gasteiger partial charge is 0.337 e. The molecule has 0 spiro atoms. The number of amides is 2. The van der Waals surface area contributed by atoms with Crippen molar-refractivity contribution < 1.29 is 24.0 Å². The first kappa shape index (κ1) is 27.1. The minimum atomic E-state index is -1.10. The first-order valence-electron chi connectivity index (χ1n) is 12.8. The summed E-state index contributed by atoms with van der Waals surface area (Å²) in [4.78, 5) is 41.2. The van der Waals surface area contributed by atoms with Gasteiger partial charge < -0.3 is 25.6 Å². The van der Waals surface area contributed by atoms with Gasteiger partial charge in [-0.25, -0.2) is 4.79 Å². The van der Waals surface area contributed by atoms with Crippen LogP contribution in [0.2, 0.25) is 0 Å². The van der Waals surface area contributed by atoms with Crippen LogP contribution in [0.25, 0.3) is 22.0 Å². The molecule has 2 aromatic heterocycles. The number of aromatic nitrogens is 2. The maximum absolute atomic E-state index is 13.5. The van der Waals surface area contributed by atoms with Crippen LogP contribution in [0.15, 0.2) is 77.4 Å². The van der Waals surface area contributed by atoms with E-state index in [1.807, 2.05) is 44.2 Å². The first-order chi connectivity index (χ1) is 19.7. The number of nitrogens with one attached hydrogen (secondary N) is 3. The molecule has 206 valence electrons. The lowest BCUT2D eigenvalue weighted by Gasteiger charge is -2.17. The predicted octanol–water partition coefficient (Wildman–Crippen LogP) is 5.84. The van der Waals surface area contributed by atoms with E-state index in [9.17, 15) is 19.5 Å². The molecule has 0 saturated heterocycles. The van der Waals surface area contributed by atoms with Crippen LogP contribution in [-0.2, 0) is 11.3 Å². The van der Waals surface area contributed by atoms with Gasteiger partial charge in [-0.2, -0.15) is 0 Å². The quantitative estimate of drug-likeness (QED) is 0.189. The zero-order valence-corrected chi connectivity index (χ0v) is 22.6. The van der Waals surface area contributed by atoms with E-state index < -0.39 is 11.9 Å². The van der Waals surface area contributed by atoms with Crippen LogP contribution in [0.5, 0.6) is 0 Å². The number of carbonyl (C=O) groups is 3. The van der Waals surface area contributed by atoms with Gasteiger partial charge in [-0.15, -0.1) is 0 Å². The van der Waals surface area contributed by atoms with Crippen LogP contribution in [0.3, 0.4) is 0 Å². The van der Waals surface area contributed by atoms with E-state index in [0.717, 1.165) is 22.4 Å². The Hall–Kier alpha value is -5.51. The number of nitrogens with zero attached hydrogens (tertiary/aromatic N) is 2. The summed E-state index contributed by atoms with van der Waals surface area (Å²) in [6, 6.07) is 19.2. The Labute approximate surface area is 235 Å². The Kier molecular flexibility index (Phi) is 7.47. The molecule has 0 aliphatic carbocycles. The number of aryl methyl sites for hydroxylation is 2. The maximum atomic E-state index is 13.5. The lowest BCUT2D eigenvalue weighted by atomic mass is 10.00. The number of para-hydroxylation sites is 1. The Bertz CT molecular complexity index is 1770. The fourth-order valence-electron chi connectivity index (χ4n) is 4.65. The van der Waals surface area contributed by atoms with Gasteiger partial charge in [0.25, 0.3) is 5.91 Å². The van der Waals surface area contributed by atoms with Crippen LogP contribution < -0.4 is 16.0 Å². The first-order valence-corrected chi connectivity index (χ1v) is 12.8. The fourth-order valence-corrected chi connectivity index (χ4v) is 4.65. The van der Waals surface area contributed by atoms with E-state index in [4.69, 9.17) is 4.52 Å². The monoisotopic (exact) mass is 549 g/mol. The second kappa shape index (κ2) is 11.3. The highest BCUT2D eigenvalue weighted by Gasteiger charge is 2.20. The Balaban J connectivity index is 1.52. The van der Waals surface area contributed by atoms with E-state index >= 15 is 0 Å². The van der Waals surface area contributed by atoms with E-state index in [1.165, 1.54) is 19.2 Å².